The Morgan fingerprint density at radius 3 is 1.44 bits per heavy atom. The molecule has 0 saturated carbocycles. The van der Waals surface area contributed by atoms with Crippen molar-refractivity contribution in [2.75, 3.05) is 0 Å². The maximum Gasteiger partial charge on any atom is 0.0730 e. The van der Waals surface area contributed by atoms with Crippen LogP contribution in [-0.2, 0) is 0 Å². The van der Waals surface area contributed by atoms with Gasteiger partial charge in [-0.2, -0.15) is 0 Å². The summed E-state index contributed by atoms with van der Waals surface area (Å²) in [7, 11) is 0. The zero-order chi connectivity index (χ0) is 34.9. The van der Waals surface area contributed by atoms with Crippen LogP contribution in [0.4, 0.5) is 0 Å². The second kappa shape index (κ2) is 15.9. The molecule has 0 fully saturated rings. The molecule has 0 aliphatic heterocycles. The zero-order valence-electron chi connectivity index (χ0n) is 29.6. The first-order valence-electron chi connectivity index (χ1n) is 17.5. The third kappa shape index (κ3) is 7.51. The summed E-state index contributed by atoms with van der Waals surface area (Å²) in [4.78, 5) is 5.04. The number of benzene rings is 6. The summed E-state index contributed by atoms with van der Waals surface area (Å²) in [5, 5.41) is 1.24. The Kier molecular flexibility index (Phi) is 10.8. The largest absolute Gasteiger partial charge is 0.316 e. The van der Waals surface area contributed by atoms with Crippen molar-refractivity contribution < 1.29 is 0 Å². The monoisotopic (exact) mass is 648 g/mol. The average Bonchev–Trinajstić information content (AvgIpc) is 3.57. The van der Waals surface area contributed by atoms with E-state index in [0.29, 0.717) is 0 Å². The molecule has 0 radical (unpaired) electrons. The van der Waals surface area contributed by atoms with E-state index in [1.807, 2.05) is 26.0 Å². The molecule has 246 valence electrons. The Labute approximate surface area is 297 Å². The van der Waals surface area contributed by atoms with Crippen molar-refractivity contribution in [2.24, 2.45) is 0 Å². The van der Waals surface area contributed by atoms with Gasteiger partial charge in [0.1, 0.15) is 0 Å². The van der Waals surface area contributed by atoms with Crippen molar-refractivity contribution in [2.45, 2.75) is 34.6 Å². The van der Waals surface area contributed by atoms with Crippen molar-refractivity contribution in [3.05, 3.63) is 193 Å². The van der Waals surface area contributed by atoms with Crippen LogP contribution in [0.1, 0.15) is 30.5 Å². The highest BCUT2D eigenvalue weighted by atomic mass is 15.0. The van der Waals surface area contributed by atoms with E-state index in [0.717, 1.165) is 28.2 Å². The molecule has 0 spiro atoms. The third-order valence-electron chi connectivity index (χ3n) is 8.85. The lowest BCUT2D eigenvalue weighted by atomic mass is 9.97. The van der Waals surface area contributed by atoms with Crippen LogP contribution in [0.25, 0.3) is 61.4 Å². The molecule has 50 heavy (non-hydrogen) atoms. The van der Waals surface area contributed by atoms with Gasteiger partial charge in [-0.05, 0) is 66.8 Å². The van der Waals surface area contributed by atoms with E-state index in [1.54, 1.807) is 0 Å². The van der Waals surface area contributed by atoms with Crippen LogP contribution in [0.2, 0.25) is 0 Å². The number of rotatable bonds is 5. The van der Waals surface area contributed by atoms with Gasteiger partial charge in [0.25, 0.3) is 0 Å². The van der Waals surface area contributed by atoms with Crippen LogP contribution in [0.5, 0.6) is 0 Å². The smallest absolute Gasteiger partial charge is 0.0730 e. The molecule has 6 aromatic carbocycles. The van der Waals surface area contributed by atoms with E-state index in [9.17, 15) is 0 Å². The first kappa shape index (κ1) is 33.9. The fraction of sp³-hybridized carbons (Fsp3) is 0.104. The molecule has 8 aromatic rings. The van der Waals surface area contributed by atoms with Crippen LogP contribution >= 0.6 is 0 Å². The molecule has 0 atom stereocenters. The van der Waals surface area contributed by atoms with Gasteiger partial charge in [0.2, 0.25) is 0 Å². The van der Waals surface area contributed by atoms with Gasteiger partial charge < -0.3 is 4.57 Å². The van der Waals surface area contributed by atoms with Crippen molar-refractivity contribution >= 4 is 10.9 Å². The molecule has 0 aliphatic rings. The number of pyridine rings is 1. The Morgan fingerprint density at radius 2 is 0.900 bits per heavy atom. The number of aromatic nitrogens is 2. The minimum absolute atomic E-state index is 0.965. The van der Waals surface area contributed by atoms with Gasteiger partial charge in [-0.25, -0.2) is 4.98 Å². The van der Waals surface area contributed by atoms with Crippen LogP contribution in [0.15, 0.2) is 176 Å². The second-order valence-corrected chi connectivity index (χ2v) is 12.3. The molecule has 0 aliphatic carbocycles. The van der Waals surface area contributed by atoms with Crippen LogP contribution in [0.3, 0.4) is 0 Å². The molecule has 0 saturated heterocycles. The van der Waals surface area contributed by atoms with Gasteiger partial charge in [0.05, 0.1) is 16.9 Å². The van der Waals surface area contributed by atoms with Crippen LogP contribution < -0.4 is 0 Å². The van der Waals surface area contributed by atoms with Crippen molar-refractivity contribution in [3.63, 3.8) is 0 Å². The van der Waals surface area contributed by atoms with Crippen molar-refractivity contribution in [3.8, 4) is 50.5 Å². The summed E-state index contributed by atoms with van der Waals surface area (Å²) >= 11 is 0. The molecule has 2 nitrogen and oxygen atoms in total. The topological polar surface area (TPSA) is 17.8 Å². The molecule has 8 rings (SSSR count). The number of fused-ring (bicyclic) bond motifs is 1. The molecule has 0 amide bonds. The maximum atomic E-state index is 5.04. The number of hydrogen-bond acceptors (Lipinski definition) is 1. The fourth-order valence-corrected chi connectivity index (χ4v) is 6.35. The molecule has 2 heteroatoms. The molecule has 2 heterocycles. The van der Waals surface area contributed by atoms with Gasteiger partial charge >= 0.3 is 0 Å². The third-order valence-corrected chi connectivity index (χ3v) is 8.85. The summed E-state index contributed by atoms with van der Waals surface area (Å²) in [6, 6.07) is 59.5. The number of nitrogens with zero attached hydrogens (tertiary/aromatic N) is 2. The van der Waals surface area contributed by atoms with Gasteiger partial charge in [-0.15, -0.1) is 0 Å². The molecular formula is C48H44N2. The van der Waals surface area contributed by atoms with Gasteiger partial charge in [0.15, 0.2) is 0 Å². The van der Waals surface area contributed by atoms with Crippen molar-refractivity contribution in [1.29, 1.82) is 0 Å². The minimum Gasteiger partial charge on any atom is -0.316 e. The summed E-state index contributed by atoms with van der Waals surface area (Å²) < 4.78 is 2.30. The highest BCUT2D eigenvalue weighted by Gasteiger charge is 2.14. The molecule has 0 bridgehead atoms. The lowest BCUT2D eigenvalue weighted by molar-refractivity contribution is 1.11. The number of para-hydroxylation sites is 1. The Hall–Kier alpha value is -5.99. The first-order valence-corrected chi connectivity index (χ1v) is 17.5. The highest BCUT2D eigenvalue weighted by Crippen LogP contribution is 2.35. The maximum absolute atomic E-state index is 5.04. The molecule has 0 unspecified atom stereocenters. The van der Waals surface area contributed by atoms with E-state index in [2.05, 4.69) is 189 Å². The highest BCUT2D eigenvalue weighted by molar-refractivity contribution is 5.97. The van der Waals surface area contributed by atoms with E-state index < -0.39 is 0 Å². The predicted octanol–water partition coefficient (Wildman–Crippen LogP) is 13.3. The summed E-state index contributed by atoms with van der Waals surface area (Å²) in [5.74, 6) is 0. The Morgan fingerprint density at radius 1 is 0.420 bits per heavy atom. The molecular weight excluding hydrogens is 605 g/mol. The lowest BCUT2D eigenvalue weighted by Crippen LogP contribution is -1.97. The summed E-state index contributed by atoms with van der Waals surface area (Å²) in [5.41, 5.74) is 15.5. The molecule has 2 aromatic heterocycles. The van der Waals surface area contributed by atoms with Gasteiger partial charge in [-0.3, -0.25) is 0 Å². The molecule has 0 N–H and O–H groups in total. The van der Waals surface area contributed by atoms with Gasteiger partial charge in [0, 0.05) is 34.0 Å². The van der Waals surface area contributed by atoms with Crippen molar-refractivity contribution in [1.82, 2.24) is 9.55 Å². The minimum atomic E-state index is 0.965. The Bertz CT molecular complexity index is 2210. The van der Waals surface area contributed by atoms with E-state index in [1.165, 1.54) is 49.8 Å². The van der Waals surface area contributed by atoms with Gasteiger partial charge in [-0.1, -0.05) is 171 Å². The van der Waals surface area contributed by atoms with Crippen LogP contribution in [-0.4, -0.2) is 9.55 Å². The predicted molar refractivity (Wildman–Crippen MR) is 215 cm³/mol. The fourth-order valence-electron chi connectivity index (χ4n) is 6.35. The first-order chi connectivity index (χ1) is 24.5. The second-order valence-electron chi connectivity index (χ2n) is 12.3. The van der Waals surface area contributed by atoms with E-state index in [-0.39, 0.29) is 0 Å². The quantitative estimate of drug-likeness (QED) is 0.182. The van der Waals surface area contributed by atoms with E-state index in [4.69, 9.17) is 4.98 Å². The standard InChI is InChI=1S/C32H24N2.C14H14.C2H6/c1-23-11-10-16-26(19-23)29-22-34(32-18-9-8-17-28(29)32)27-20-30(24-12-4-2-5-13-24)33-31(21-27)25-14-6-3-7-15-25;1-11-7-3-5-9-13(11)14-10-6-4-8-12(14)2;1-2/h2-22H,1H3;3-10H,1-2H3;1-2H3. The normalized spacial score (nSPS) is 10.5. The summed E-state index contributed by atoms with van der Waals surface area (Å²) in [6.07, 6.45) is 2.26. The lowest BCUT2D eigenvalue weighted by Gasteiger charge is -2.12. The number of hydrogen-bond donors (Lipinski definition) is 0. The zero-order valence-corrected chi connectivity index (χ0v) is 29.6. The summed E-state index contributed by atoms with van der Waals surface area (Å²) in [6.45, 7) is 10.5. The number of aryl methyl sites for hydroxylation is 3. The van der Waals surface area contributed by atoms with Crippen LogP contribution in [0, 0.1) is 20.8 Å². The average molecular weight is 649 g/mol. The SMILES string of the molecule is CC.Cc1cccc(-c2cn(-c3cc(-c4ccccc4)nc(-c4ccccc4)c3)c3ccccc23)c1.Cc1ccccc1-c1ccccc1C. The van der Waals surface area contributed by atoms with E-state index >= 15 is 0 Å². The Balaban J connectivity index is 0.000000226.